The van der Waals surface area contributed by atoms with Crippen molar-refractivity contribution < 1.29 is 14.6 Å². The molecule has 0 bridgehead atoms. The summed E-state index contributed by atoms with van der Waals surface area (Å²) in [5.74, 6) is -0.367. The highest BCUT2D eigenvalue weighted by atomic mass is 16.5. The number of aryl methyl sites for hydroxylation is 1. The number of hydrogen-bond acceptors (Lipinski definition) is 5. The number of carbonyl (C=O) groups excluding carboxylic acids is 1. The molecule has 1 aromatic rings. The van der Waals surface area contributed by atoms with Crippen molar-refractivity contribution in [2.75, 3.05) is 25.5 Å². The Morgan fingerprint density at radius 1 is 1.58 bits per heavy atom. The van der Waals surface area contributed by atoms with Crippen LogP contribution in [0.1, 0.15) is 35.9 Å². The Morgan fingerprint density at radius 2 is 2.26 bits per heavy atom. The largest absolute Gasteiger partial charge is 0.395 e. The standard InChI is InChI=1S/C12H20N4O3/c1-2-8-9(13)10(16-15-8)11(17)14-7-12(18)3-5-19-6-4-12/h18H,2-7,13H2,1H3,(H,14,17)(H,15,16). The van der Waals surface area contributed by atoms with Crippen LogP contribution in [0.3, 0.4) is 0 Å². The van der Waals surface area contributed by atoms with E-state index in [0.29, 0.717) is 38.2 Å². The zero-order valence-corrected chi connectivity index (χ0v) is 11.0. The number of ether oxygens (including phenoxy) is 1. The van der Waals surface area contributed by atoms with Crippen molar-refractivity contribution in [1.82, 2.24) is 15.5 Å². The van der Waals surface area contributed by atoms with Crippen molar-refractivity contribution in [2.45, 2.75) is 31.8 Å². The SMILES string of the molecule is CCc1[nH]nc(C(=O)NCC2(O)CCOCC2)c1N. The summed E-state index contributed by atoms with van der Waals surface area (Å²) in [7, 11) is 0. The first-order valence-electron chi connectivity index (χ1n) is 6.47. The molecule has 5 N–H and O–H groups in total. The van der Waals surface area contributed by atoms with E-state index in [9.17, 15) is 9.90 Å². The van der Waals surface area contributed by atoms with Crippen LogP contribution in [0.25, 0.3) is 0 Å². The summed E-state index contributed by atoms with van der Waals surface area (Å²) < 4.78 is 5.18. The number of aromatic amines is 1. The number of nitrogens with two attached hydrogens (primary N) is 1. The Morgan fingerprint density at radius 3 is 2.84 bits per heavy atom. The number of aliphatic hydroxyl groups is 1. The van der Waals surface area contributed by atoms with E-state index in [-0.39, 0.29) is 18.1 Å². The molecule has 1 amide bonds. The van der Waals surface area contributed by atoms with E-state index in [1.807, 2.05) is 6.92 Å². The van der Waals surface area contributed by atoms with Gasteiger partial charge in [-0.3, -0.25) is 9.89 Å². The molecule has 0 atom stereocenters. The van der Waals surface area contributed by atoms with Gasteiger partial charge in [-0.2, -0.15) is 5.10 Å². The van der Waals surface area contributed by atoms with Gasteiger partial charge in [0.05, 0.1) is 17.0 Å². The number of hydrogen-bond donors (Lipinski definition) is 4. The van der Waals surface area contributed by atoms with E-state index >= 15 is 0 Å². The van der Waals surface area contributed by atoms with E-state index in [1.54, 1.807) is 0 Å². The number of carbonyl (C=O) groups is 1. The normalized spacial score (nSPS) is 18.2. The Hall–Kier alpha value is -1.60. The number of aromatic nitrogens is 2. The molecule has 7 nitrogen and oxygen atoms in total. The molecule has 19 heavy (non-hydrogen) atoms. The second-order valence-corrected chi connectivity index (χ2v) is 4.84. The van der Waals surface area contributed by atoms with Gasteiger partial charge in [0.25, 0.3) is 5.91 Å². The number of rotatable bonds is 4. The van der Waals surface area contributed by atoms with E-state index in [1.165, 1.54) is 0 Å². The monoisotopic (exact) mass is 268 g/mol. The fraction of sp³-hybridized carbons (Fsp3) is 0.667. The Kier molecular flexibility index (Phi) is 4.06. The summed E-state index contributed by atoms with van der Waals surface area (Å²) in [5.41, 5.74) is 6.23. The Bertz CT molecular complexity index is 452. The van der Waals surface area contributed by atoms with E-state index in [4.69, 9.17) is 10.5 Å². The number of nitrogen functional groups attached to an aromatic ring is 1. The van der Waals surface area contributed by atoms with Crippen molar-refractivity contribution >= 4 is 11.6 Å². The van der Waals surface area contributed by atoms with Crippen molar-refractivity contribution in [2.24, 2.45) is 0 Å². The molecule has 0 spiro atoms. The molecular formula is C12H20N4O3. The predicted molar refractivity (Wildman–Crippen MR) is 69.7 cm³/mol. The van der Waals surface area contributed by atoms with E-state index in [0.717, 1.165) is 5.69 Å². The van der Waals surface area contributed by atoms with Crippen molar-refractivity contribution in [1.29, 1.82) is 0 Å². The van der Waals surface area contributed by atoms with Gasteiger partial charge in [0.1, 0.15) is 0 Å². The minimum Gasteiger partial charge on any atom is -0.395 e. The van der Waals surface area contributed by atoms with Gasteiger partial charge in [0, 0.05) is 32.6 Å². The van der Waals surface area contributed by atoms with Crippen molar-refractivity contribution in [3.05, 3.63) is 11.4 Å². The highest BCUT2D eigenvalue weighted by Crippen LogP contribution is 2.20. The fourth-order valence-electron chi connectivity index (χ4n) is 2.09. The maximum atomic E-state index is 12.0. The molecule has 1 aliphatic rings. The maximum absolute atomic E-state index is 12.0. The Balaban J connectivity index is 1.95. The molecule has 2 rings (SSSR count). The quantitative estimate of drug-likeness (QED) is 0.605. The van der Waals surface area contributed by atoms with Crippen LogP contribution in [0.4, 0.5) is 5.69 Å². The van der Waals surface area contributed by atoms with Gasteiger partial charge in [-0.25, -0.2) is 0 Å². The lowest BCUT2D eigenvalue weighted by atomic mass is 9.94. The molecule has 1 aromatic heterocycles. The van der Waals surface area contributed by atoms with Crippen LogP contribution in [0.5, 0.6) is 0 Å². The number of nitrogens with one attached hydrogen (secondary N) is 2. The first-order chi connectivity index (χ1) is 9.06. The lowest BCUT2D eigenvalue weighted by Crippen LogP contribution is -2.46. The summed E-state index contributed by atoms with van der Waals surface area (Å²) in [4.78, 5) is 12.0. The summed E-state index contributed by atoms with van der Waals surface area (Å²) in [6.45, 7) is 3.13. The van der Waals surface area contributed by atoms with Gasteiger partial charge in [-0.05, 0) is 6.42 Å². The molecule has 1 saturated heterocycles. The topological polar surface area (TPSA) is 113 Å². The van der Waals surface area contributed by atoms with Gasteiger partial charge in [0.2, 0.25) is 0 Å². The van der Waals surface area contributed by atoms with E-state index in [2.05, 4.69) is 15.5 Å². The molecule has 0 radical (unpaired) electrons. The van der Waals surface area contributed by atoms with Crippen molar-refractivity contribution in [3.63, 3.8) is 0 Å². The van der Waals surface area contributed by atoms with Crippen LogP contribution in [0, 0.1) is 0 Å². The molecule has 2 heterocycles. The fourth-order valence-corrected chi connectivity index (χ4v) is 2.09. The molecule has 0 unspecified atom stereocenters. The second-order valence-electron chi connectivity index (χ2n) is 4.84. The highest BCUT2D eigenvalue weighted by Gasteiger charge is 2.30. The molecule has 0 aromatic carbocycles. The summed E-state index contributed by atoms with van der Waals surface area (Å²) >= 11 is 0. The Labute approximate surface area is 111 Å². The van der Waals surface area contributed by atoms with Gasteiger partial charge in [0.15, 0.2) is 5.69 Å². The number of amides is 1. The molecule has 0 aliphatic carbocycles. The van der Waals surface area contributed by atoms with Gasteiger partial charge >= 0.3 is 0 Å². The smallest absolute Gasteiger partial charge is 0.274 e. The molecule has 106 valence electrons. The molecule has 7 heteroatoms. The number of anilines is 1. The predicted octanol–water partition coefficient (Wildman–Crippen LogP) is -0.174. The van der Waals surface area contributed by atoms with Crippen LogP contribution in [-0.4, -0.2) is 46.6 Å². The third kappa shape index (κ3) is 3.05. The maximum Gasteiger partial charge on any atom is 0.274 e. The molecular weight excluding hydrogens is 248 g/mol. The minimum atomic E-state index is -0.896. The summed E-state index contributed by atoms with van der Waals surface area (Å²) in [6, 6.07) is 0. The molecule has 1 aliphatic heterocycles. The second kappa shape index (κ2) is 5.58. The van der Waals surface area contributed by atoms with Crippen LogP contribution in [0.2, 0.25) is 0 Å². The van der Waals surface area contributed by atoms with Crippen LogP contribution in [0.15, 0.2) is 0 Å². The summed E-state index contributed by atoms with van der Waals surface area (Å²) in [5, 5.41) is 19.6. The molecule has 1 fully saturated rings. The first kappa shape index (κ1) is 13.8. The zero-order valence-electron chi connectivity index (χ0n) is 11.0. The third-order valence-corrected chi connectivity index (χ3v) is 3.45. The zero-order chi connectivity index (χ0) is 13.9. The number of nitrogens with zero attached hydrogens (tertiary/aromatic N) is 1. The molecule has 0 saturated carbocycles. The summed E-state index contributed by atoms with van der Waals surface area (Å²) in [6.07, 6.45) is 1.72. The third-order valence-electron chi connectivity index (χ3n) is 3.45. The van der Waals surface area contributed by atoms with E-state index < -0.39 is 5.60 Å². The van der Waals surface area contributed by atoms with Crippen molar-refractivity contribution in [3.8, 4) is 0 Å². The first-order valence-corrected chi connectivity index (χ1v) is 6.47. The van der Waals surface area contributed by atoms with Gasteiger partial charge in [-0.15, -0.1) is 0 Å². The van der Waals surface area contributed by atoms with Gasteiger partial charge in [-0.1, -0.05) is 6.92 Å². The lowest BCUT2D eigenvalue weighted by molar-refractivity contribution is -0.0605. The average molecular weight is 268 g/mol. The van der Waals surface area contributed by atoms with Gasteiger partial charge < -0.3 is 20.9 Å². The average Bonchev–Trinajstić information content (AvgIpc) is 2.78. The lowest BCUT2D eigenvalue weighted by Gasteiger charge is -2.31. The van der Waals surface area contributed by atoms with Crippen LogP contribution < -0.4 is 11.1 Å². The highest BCUT2D eigenvalue weighted by molar-refractivity contribution is 5.97. The minimum absolute atomic E-state index is 0.183. The van der Waals surface area contributed by atoms with Crippen LogP contribution >= 0.6 is 0 Å². The van der Waals surface area contributed by atoms with Crippen LogP contribution in [-0.2, 0) is 11.2 Å². The number of H-pyrrole nitrogens is 1.